The van der Waals surface area contributed by atoms with Crippen LogP contribution in [0.2, 0.25) is 0 Å². The summed E-state index contributed by atoms with van der Waals surface area (Å²) in [5, 5.41) is 14.3. The summed E-state index contributed by atoms with van der Waals surface area (Å²) >= 11 is 0. The van der Waals surface area contributed by atoms with Gasteiger partial charge in [-0.2, -0.15) is 10.4 Å². The Balaban J connectivity index is 1.69. The van der Waals surface area contributed by atoms with Crippen LogP contribution in [0.4, 0.5) is 11.6 Å². The van der Waals surface area contributed by atoms with E-state index in [1.165, 1.54) is 0 Å². The van der Waals surface area contributed by atoms with Crippen LogP contribution in [0.3, 0.4) is 0 Å². The van der Waals surface area contributed by atoms with E-state index in [1.54, 1.807) is 17.9 Å². The predicted molar refractivity (Wildman–Crippen MR) is 112 cm³/mol. The molecule has 2 aromatic heterocycles. The molecule has 30 heavy (non-hydrogen) atoms. The molecule has 152 valence electrons. The molecule has 4 bridgehead atoms. The van der Waals surface area contributed by atoms with Gasteiger partial charge in [-0.1, -0.05) is 11.6 Å². The summed E-state index contributed by atoms with van der Waals surface area (Å²) in [4.78, 5) is 6.46. The third-order valence-electron chi connectivity index (χ3n) is 5.65. The van der Waals surface area contributed by atoms with Crippen LogP contribution in [0.1, 0.15) is 29.8 Å². The van der Waals surface area contributed by atoms with Crippen molar-refractivity contribution in [2.75, 3.05) is 23.7 Å². The molecule has 1 saturated heterocycles. The number of ether oxygens (including phenoxy) is 2. The third-order valence-corrected chi connectivity index (χ3v) is 5.65. The smallest absolute Gasteiger partial charge is 0.166 e. The number of fused-ring (bicyclic) bond motifs is 1. The lowest BCUT2D eigenvalue weighted by atomic mass is 10.0. The van der Waals surface area contributed by atoms with E-state index in [-0.39, 0.29) is 12.2 Å². The van der Waals surface area contributed by atoms with E-state index in [9.17, 15) is 5.26 Å². The molecule has 8 heteroatoms. The van der Waals surface area contributed by atoms with Crippen LogP contribution in [0.25, 0.3) is 11.1 Å². The number of benzene rings is 1. The van der Waals surface area contributed by atoms with Gasteiger partial charge in [0.25, 0.3) is 0 Å². The molecular weight excluding hydrogens is 380 g/mol. The highest BCUT2D eigenvalue weighted by Crippen LogP contribution is 2.40. The van der Waals surface area contributed by atoms with Crippen LogP contribution in [-0.4, -0.2) is 34.0 Å². The first-order valence-corrected chi connectivity index (χ1v) is 9.86. The molecule has 0 unspecified atom stereocenters. The van der Waals surface area contributed by atoms with Crippen molar-refractivity contribution in [3.63, 3.8) is 0 Å². The first kappa shape index (κ1) is 18.3. The van der Waals surface area contributed by atoms with Crippen molar-refractivity contribution in [1.82, 2.24) is 14.8 Å². The van der Waals surface area contributed by atoms with Gasteiger partial charge < -0.3 is 20.1 Å². The van der Waals surface area contributed by atoms with Gasteiger partial charge in [-0.05, 0) is 32.0 Å². The molecule has 0 saturated carbocycles. The van der Waals surface area contributed by atoms with Crippen molar-refractivity contribution in [3.8, 4) is 28.7 Å². The topological polar surface area (TPSA) is 102 Å². The molecule has 0 spiro atoms. The molecule has 0 amide bonds. The predicted octanol–water partition coefficient (Wildman–Crippen LogP) is 2.97. The van der Waals surface area contributed by atoms with Gasteiger partial charge in [-0.15, -0.1) is 0 Å². The maximum absolute atomic E-state index is 9.74. The largest absolute Gasteiger partial charge is 0.486 e. The fraction of sp³-hybridized carbons (Fsp3) is 0.318. The number of hydrogen-bond acceptors (Lipinski definition) is 7. The molecule has 3 aliphatic rings. The Kier molecular flexibility index (Phi) is 4.07. The number of nitrogens with zero attached hydrogens (tertiary/aromatic N) is 5. The first-order chi connectivity index (χ1) is 14.4. The van der Waals surface area contributed by atoms with Gasteiger partial charge >= 0.3 is 0 Å². The number of nitrogen functional groups attached to an aromatic ring is 1. The lowest BCUT2D eigenvalue weighted by Crippen LogP contribution is -2.54. The zero-order valence-corrected chi connectivity index (χ0v) is 17.1. The summed E-state index contributed by atoms with van der Waals surface area (Å²) in [6.45, 7) is 5.39. The van der Waals surface area contributed by atoms with Gasteiger partial charge in [0, 0.05) is 24.4 Å². The van der Waals surface area contributed by atoms with Gasteiger partial charge in [-0.25, -0.2) is 4.98 Å². The van der Waals surface area contributed by atoms with E-state index < -0.39 is 0 Å². The van der Waals surface area contributed by atoms with E-state index in [0.29, 0.717) is 30.4 Å². The summed E-state index contributed by atoms with van der Waals surface area (Å²) in [7, 11) is 1.77. The van der Waals surface area contributed by atoms with Gasteiger partial charge in [-0.3, -0.25) is 4.68 Å². The number of aryl methyl sites for hydroxylation is 2. The van der Waals surface area contributed by atoms with E-state index in [2.05, 4.69) is 27.1 Å². The molecule has 0 aliphatic carbocycles. The Morgan fingerprint density at radius 3 is 2.77 bits per heavy atom. The molecule has 5 heterocycles. The van der Waals surface area contributed by atoms with Crippen molar-refractivity contribution in [3.05, 3.63) is 47.3 Å². The number of nitrogens with two attached hydrogens (primary N) is 1. The SMILES string of the molecule is Cc1ccc2c(c1)[C@@H](C)Oc1cc(cnc1N)-c1c(nn(C)c1C#N)N1CC(C1)O2. The average molecular weight is 402 g/mol. The maximum atomic E-state index is 9.74. The average Bonchev–Trinajstić information content (AvgIpc) is 3.02. The zero-order chi connectivity index (χ0) is 21.0. The van der Waals surface area contributed by atoms with E-state index in [0.717, 1.165) is 33.8 Å². The summed E-state index contributed by atoms with van der Waals surface area (Å²) in [6.07, 6.45) is 1.41. The minimum Gasteiger partial charge on any atom is -0.486 e. The van der Waals surface area contributed by atoms with Crippen LogP contribution in [-0.2, 0) is 7.05 Å². The van der Waals surface area contributed by atoms with Crippen molar-refractivity contribution < 1.29 is 9.47 Å². The summed E-state index contributed by atoms with van der Waals surface area (Å²) < 4.78 is 14.1. The van der Waals surface area contributed by atoms with Crippen LogP contribution in [0.5, 0.6) is 11.5 Å². The van der Waals surface area contributed by atoms with Gasteiger partial charge in [0.05, 0.1) is 18.7 Å². The fourth-order valence-corrected chi connectivity index (χ4v) is 4.02. The second-order valence-corrected chi connectivity index (χ2v) is 7.84. The van der Waals surface area contributed by atoms with Crippen molar-refractivity contribution in [2.45, 2.75) is 26.1 Å². The highest BCUT2D eigenvalue weighted by Gasteiger charge is 2.35. The minimum absolute atomic E-state index is 0.0334. The fourth-order valence-electron chi connectivity index (χ4n) is 4.02. The Bertz CT molecular complexity index is 1190. The number of nitriles is 1. The minimum atomic E-state index is -0.292. The second kappa shape index (κ2) is 6.66. The normalized spacial score (nSPS) is 19.5. The standard InChI is InChI=1S/C22H22N6O2/c1-12-4-5-18-16(6-12)13(2)29-19-7-14(9-25-21(19)24)20-17(8-23)27(3)26-22(20)28-10-15(11-28)30-18/h4-7,9,13,15H,10-11H2,1-3H3,(H2,24,25)/t13-/m1/s1. The lowest BCUT2D eigenvalue weighted by molar-refractivity contribution is 0.156. The highest BCUT2D eigenvalue weighted by molar-refractivity contribution is 5.82. The van der Waals surface area contributed by atoms with Gasteiger partial charge in [0.2, 0.25) is 0 Å². The quantitative estimate of drug-likeness (QED) is 0.617. The lowest BCUT2D eigenvalue weighted by Gasteiger charge is -2.40. The number of pyridine rings is 1. The maximum Gasteiger partial charge on any atom is 0.166 e. The Labute approximate surface area is 174 Å². The van der Waals surface area contributed by atoms with Crippen molar-refractivity contribution in [1.29, 1.82) is 5.26 Å². The zero-order valence-electron chi connectivity index (χ0n) is 17.1. The molecular formula is C22H22N6O2. The molecule has 1 aromatic carbocycles. The molecule has 0 radical (unpaired) electrons. The Morgan fingerprint density at radius 1 is 1.20 bits per heavy atom. The molecule has 2 N–H and O–H groups in total. The van der Waals surface area contributed by atoms with Crippen molar-refractivity contribution in [2.24, 2.45) is 7.05 Å². The molecule has 1 fully saturated rings. The highest BCUT2D eigenvalue weighted by atomic mass is 16.5. The molecule has 8 nitrogen and oxygen atoms in total. The monoisotopic (exact) mass is 402 g/mol. The van der Waals surface area contributed by atoms with E-state index >= 15 is 0 Å². The molecule has 3 aliphatic heterocycles. The van der Waals surface area contributed by atoms with E-state index in [1.807, 2.05) is 32.0 Å². The summed E-state index contributed by atoms with van der Waals surface area (Å²) in [5.41, 5.74) is 10.2. The number of rotatable bonds is 0. The molecule has 1 atom stereocenters. The Morgan fingerprint density at radius 2 is 2.00 bits per heavy atom. The first-order valence-electron chi connectivity index (χ1n) is 9.86. The summed E-state index contributed by atoms with van der Waals surface area (Å²) in [5.74, 6) is 2.30. The van der Waals surface area contributed by atoms with Gasteiger partial charge in [0.15, 0.2) is 17.4 Å². The molecule has 6 rings (SSSR count). The summed E-state index contributed by atoms with van der Waals surface area (Å²) in [6, 6.07) is 10.2. The number of anilines is 2. The number of hydrogen-bond donors (Lipinski definition) is 1. The van der Waals surface area contributed by atoms with Crippen LogP contribution < -0.4 is 20.1 Å². The van der Waals surface area contributed by atoms with Gasteiger partial charge in [0.1, 0.15) is 29.7 Å². The number of aromatic nitrogens is 3. The second-order valence-electron chi connectivity index (χ2n) is 7.84. The van der Waals surface area contributed by atoms with Crippen LogP contribution in [0, 0.1) is 18.3 Å². The van der Waals surface area contributed by atoms with Crippen LogP contribution in [0.15, 0.2) is 30.5 Å². The Hall–Kier alpha value is -3.73. The third kappa shape index (κ3) is 2.82. The van der Waals surface area contributed by atoms with Crippen molar-refractivity contribution >= 4 is 11.6 Å². The van der Waals surface area contributed by atoms with Crippen LogP contribution >= 0.6 is 0 Å². The molecule has 3 aromatic rings. The van der Waals surface area contributed by atoms with E-state index in [4.69, 9.17) is 15.2 Å².